The molecule has 0 saturated carbocycles. The van der Waals surface area contributed by atoms with Crippen LogP contribution in [0.25, 0.3) is 5.70 Å². The molecule has 0 aliphatic rings. The molecule has 0 saturated heterocycles. The minimum absolute atomic E-state index is 0.160. The number of pyridine rings is 1. The molecule has 0 aliphatic carbocycles. The smallest absolute Gasteiger partial charge is 0.277 e. The first-order valence-electron chi connectivity index (χ1n) is 5.91. The maximum atomic E-state index is 11.7. The third-order valence-electron chi connectivity index (χ3n) is 2.06. The fraction of sp³-hybridized carbons (Fsp3) is 0.462. The van der Waals surface area contributed by atoms with Crippen LogP contribution >= 0.6 is 0 Å². The largest absolute Gasteiger partial charge is 0.394 e. The predicted octanol–water partition coefficient (Wildman–Crippen LogP) is 2.23. The first kappa shape index (κ1) is 15.3. The van der Waals surface area contributed by atoms with Crippen molar-refractivity contribution in [1.29, 1.82) is 0 Å². The van der Waals surface area contributed by atoms with Crippen LogP contribution < -0.4 is 11.3 Å². The Hall–Kier alpha value is -1.71. The highest BCUT2D eigenvalue weighted by Gasteiger charge is 2.03. The number of rotatable bonds is 3. The maximum absolute atomic E-state index is 11.7. The number of hydrogen-bond donors (Lipinski definition) is 1. The molecule has 96 valence electrons. The molecule has 1 aromatic rings. The van der Waals surface area contributed by atoms with E-state index in [0.717, 1.165) is 12.1 Å². The Labute approximate surface area is 103 Å². The third kappa shape index (κ3) is 4.34. The summed E-state index contributed by atoms with van der Waals surface area (Å²) in [5.74, 6) is 0. The molecule has 1 heterocycles. The number of nitrogen functional groups attached to an aromatic ring is 1. The van der Waals surface area contributed by atoms with E-state index in [9.17, 15) is 4.79 Å². The van der Waals surface area contributed by atoms with Gasteiger partial charge >= 0.3 is 0 Å². The second-order valence-electron chi connectivity index (χ2n) is 3.58. The average Bonchev–Trinajstić information content (AvgIpc) is 2.32. The lowest BCUT2D eigenvalue weighted by molar-refractivity contribution is 0.560. The number of hydrogen-bond acceptors (Lipinski definition) is 3. The number of allylic oxidation sites excluding steroid dienone is 1. The van der Waals surface area contributed by atoms with Gasteiger partial charge in [0, 0.05) is 32.2 Å². The van der Waals surface area contributed by atoms with E-state index < -0.39 is 0 Å². The van der Waals surface area contributed by atoms with Gasteiger partial charge in [0.05, 0.1) is 5.69 Å². The molecule has 0 bridgehead atoms. The van der Waals surface area contributed by atoms with Crippen molar-refractivity contribution in [2.75, 3.05) is 19.8 Å². The maximum Gasteiger partial charge on any atom is 0.277 e. The minimum Gasteiger partial charge on any atom is -0.394 e. The lowest BCUT2D eigenvalue weighted by Gasteiger charge is -2.13. The SMILES string of the molecule is CC.CC/C(=C\N(C)C)n1cccc(N)c1=O. The monoisotopic (exact) mass is 237 g/mol. The van der Waals surface area contributed by atoms with E-state index in [4.69, 9.17) is 5.73 Å². The van der Waals surface area contributed by atoms with Crippen LogP contribution in [0.2, 0.25) is 0 Å². The van der Waals surface area contributed by atoms with E-state index in [1.165, 1.54) is 0 Å². The van der Waals surface area contributed by atoms with Crippen LogP contribution in [-0.4, -0.2) is 23.6 Å². The Balaban J connectivity index is 0.00000121. The lowest BCUT2D eigenvalue weighted by atomic mass is 10.3. The van der Waals surface area contributed by atoms with Gasteiger partial charge < -0.3 is 10.6 Å². The molecule has 17 heavy (non-hydrogen) atoms. The first-order chi connectivity index (χ1) is 8.06. The Bertz CT molecular complexity index is 419. The molecule has 0 fully saturated rings. The summed E-state index contributed by atoms with van der Waals surface area (Å²) in [6.07, 6.45) is 4.43. The van der Waals surface area contributed by atoms with Crippen molar-refractivity contribution in [2.45, 2.75) is 27.2 Å². The zero-order valence-corrected chi connectivity index (χ0v) is 11.4. The van der Waals surface area contributed by atoms with Gasteiger partial charge in [-0.3, -0.25) is 9.36 Å². The Morgan fingerprint density at radius 3 is 2.53 bits per heavy atom. The van der Waals surface area contributed by atoms with Crippen molar-refractivity contribution in [3.8, 4) is 0 Å². The van der Waals surface area contributed by atoms with E-state index in [1.807, 2.05) is 46.0 Å². The van der Waals surface area contributed by atoms with Crippen molar-refractivity contribution in [2.24, 2.45) is 0 Å². The van der Waals surface area contributed by atoms with Crippen LogP contribution in [0.3, 0.4) is 0 Å². The zero-order valence-electron chi connectivity index (χ0n) is 11.4. The summed E-state index contributed by atoms with van der Waals surface area (Å²) >= 11 is 0. The van der Waals surface area contributed by atoms with Gasteiger partial charge in [-0.05, 0) is 18.6 Å². The Kier molecular flexibility index (Phi) is 6.79. The summed E-state index contributed by atoms with van der Waals surface area (Å²) in [7, 11) is 3.85. The molecule has 0 radical (unpaired) electrons. The van der Waals surface area contributed by atoms with Crippen LogP contribution in [0, 0.1) is 0 Å². The second kappa shape index (κ2) is 7.54. The topological polar surface area (TPSA) is 51.3 Å². The van der Waals surface area contributed by atoms with Crippen molar-refractivity contribution in [1.82, 2.24) is 9.47 Å². The summed E-state index contributed by atoms with van der Waals surface area (Å²) < 4.78 is 1.58. The van der Waals surface area contributed by atoms with E-state index in [0.29, 0.717) is 0 Å². The van der Waals surface area contributed by atoms with Crippen LogP contribution in [0.4, 0.5) is 5.69 Å². The fourth-order valence-electron chi connectivity index (χ4n) is 1.36. The first-order valence-corrected chi connectivity index (χ1v) is 5.91. The van der Waals surface area contributed by atoms with E-state index in [2.05, 4.69) is 0 Å². The molecular weight excluding hydrogens is 214 g/mol. The highest BCUT2D eigenvalue weighted by atomic mass is 16.1. The molecule has 0 spiro atoms. The normalized spacial score (nSPS) is 10.5. The molecular formula is C13H23N3O. The Morgan fingerprint density at radius 2 is 2.06 bits per heavy atom. The fourth-order valence-corrected chi connectivity index (χ4v) is 1.36. The summed E-state index contributed by atoms with van der Waals surface area (Å²) in [4.78, 5) is 13.6. The molecule has 2 N–H and O–H groups in total. The zero-order chi connectivity index (χ0) is 13.4. The van der Waals surface area contributed by atoms with Gasteiger partial charge in [-0.1, -0.05) is 20.8 Å². The summed E-state index contributed by atoms with van der Waals surface area (Å²) in [6, 6.07) is 3.39. The summed E-state index contributed by atoms with van der Waals surface area (Å²) in [5.41, 5.74) is 6.61. The average molecular weight is 237 g/mol. The van der Waals surface area contributed by atoms with Gasteiger partial charge in [0.1, 0.15) is 0 Å². The number of nitrogens with two attached hydrogens (primary N) is 1. The lowest BCUT2D eigenvalue weighted by Crippen LogP contribution is -2.22. The summed E-state index contributed by atoms with van der Waals surface area (Å²) in [5, 5.41) is 0. The van der Waals surface area contributed by atoms with Gasteiger partial charge in [0.2, 0.25) is 0 Å². The number of anilines is 1. The Morgan fingerprint density at radius 1 is 1.47 bits per heavy atom. The molecule has 0 unspecified atom stereocenters. The van der Waals surface area contributed by atoms with Crippen LogP contribution in [0.5, 0.6) is 0 Å². The van der Waals surface area contributed by atoms with Gasteiger partial charge in [-0.15, -0.1) is 0 Å². The van der Waals surface area contributed by atoms with Crippen molar-refractivity contribution in [3.05, 3.63) is 34.9 Å². The van der Waals surface area contributed by atoms with Gasteiger partial charge in [0.25, 0.3) is 5.56 Å². The summed E-state index contributed by atoms with van der Waals surface area (Å²) in [6.45, 7) is 6.00. The van der Waals surface area contributed by atoms with E-state index in [-0.39, 0.29) is 11.2 Å². The predicted molar refractivity (Wildman–Crippen MR) is 74.7 cm³/mol. The molecule has 1 aromatic heterocycles. The van der Waals surface area contributed by atoms with Crippen molar-refractivity contribution in [3.63, 3.8) is 0 Å². The molecule has 0 atom stereocenters. The molecule has 4 nitrogen and oxygen atoms in total. The van der Waals surface area contributed by atoms with E-state index >= 15 is 0 Å². The van der Waals surface area contributed by atoms with Crippen molar-refractivity contribution >= 4 is 11.4 Å². The van der Waals surface area contributed by atoms with Gasteiger partial charge in [-0.2, -0.15) is 0 Å². The minimum atomic E-state index is -0.160. The third-order valence-corrected chi connectivity index (χ3v) is 2.06. The molecule has 0 aromatic carbocycles. The molecule has 4 heteroatoms. The number of aromatic nitrogens is 1. The second-order valence-corrected chi connectivity index (χ2v) is 3.58. The highest BCUT2D eigenvalue weighted by molar-refractivity contribution is 5.47. The molecule has 0 amide bonds. The van der Waals surface area contributed by atoms with E-state index in [1.54, 1.807) is 22.9 Å². The highest BCUT2D eigenvalue weighted by Crippen LogP contribution is 2.07. The van der Waals surface area contributed by atoms with Crippen LogP contribution in [0.15, 0.2) is 29.3 Å². The molecule has 0 aliphatic heterocycles. The standard InChI is InChI=1S/C11H17N3O.C2H6/c1-4-9(8-13(2)3)14-7-5-6-10(12)11(14)15;1-2/h5-8H,4,12H2,1-3H3;1-2H3/b9-8+;. The quantitative estimate of drug-likeness (QED) is 0.877. The van der Waals surface area contributed by atoms with Crippen LogP contribution in [0.1, 0.15) is 27.2 Å². The number of nitrogens with zero attached hydrogens (tertiary/aromatic N) is 2. The van der Waals surface area contributed by atoms with Gasteiger partial charge in [0.15, 0.2) is 0 Å². The van der Waals surface area contributed by atoms with Crippen LogP contribution in [-0.2, 0) is 0 Å². The molecule has 1 rings (SSSR count). The van der Waals surface area contributed by atoms with Gasteiger partial charge in [-0.25, -0.2) is 0 Å². The van der Waals surface area contributed by atoms with Crippen molar-refractivity contribution < 1.29 is 0 Å².